The highest BCUT2D eigenvalue weighted by Gasteiger charge is 2.01. The van der Waals surface area contributed by atoms with Crippen LogP contribution in [0.5, 0.6) is 5.75 Å². The highest BCUT2D eigenvalue weighted by molar-refractivity contribution is 5.59. The van der Waals surface area contributed by atoms with Crippen LogP contribution in [0.25, 0.3) is 11.3 Å². The molecule has 0 aliphatic heterocycles. The van der Waals surface area contributed by atoms with Crippen LogP contribution < -0.4 is 4.74 Å². The van der Waals surface area contributed by atoms with Crippen LogP contribution in [0, 0.1) is 0 Å². The van der Waals surface area contributed by atoms with E-state index in [0.29, 0.717) is 6.61 Å². The number of unbranched alkanes of at least 4 members (excludes halogenated alkanes) is 6. The molecule has 0 aliphatic rings. The third-order valence-corrected chi connectivity index (χ3v) is 5.33. The predicted molar refractivity (Wildman–Crippen MR) is 132 cm³/mol. The minimum Gasteiger partial charge on any atom is -0.488 e. The summed E-state index contributed by atoms with van der Waals surface area (Å²) in [5.74, 6) is 0.818. The van der Waals surface area contributed by atoms with Crippen molar-refractivity contribution < 1.29 is 9.47 Å². The van der Waals surface area contributed by atoms with Gasteiger partial charge in [0, 0.05) is 18.8 Å². The molecule has 0 saturated carbocycles. The van der Waals surface area contributed by atoms with E-state index in [9.17, 15) is 0 Å². The first kappa shape index (κ1) is 25.1. The normalized spacial score (nSPS) is 11.3. The monoisotopic (exact) mass is 423 g/mol. The fourth-order valence-electron chi connectivity index (χ4n) is 3.45. The second kappa shape index (κ2) is 16.5. The van der Waals surface area contributed by atoms with Crippen LogP contribution in [0.1, 0.15) is 77.2 Å². The van der Waals surface area contributed by atoms with E-state index in [0.717, 1.165) is 55.9 Å². The van der Waals surface area contributed by atoms with E-state index in [2.05, 4.69) is 55.2 Å². The van der Waals surface area contributed by atoms with Crippen LogP contribution in [0.2, 0.25) is 0 Å². The maximum absolute atomic E-state index is 5.77. The standard InChI is InChI=1S/C28H41NO2/c1-3-5-6-7-8-9-13-23-31-27-19-20-28(29-24-27)26-17-15-25(16-18-26)14-11-10-12-22-30-21-4-2/h9,13,15-20,24H,3-8,10-12,14,21-23H2,1-2H3/b13-9+. The van der Waals surface area contributed by atoms with Gasteiger partial charge in [-0.2, -0.15) is 0 Å². The maximum atomic E-state index is 5.77. The summed E-state index contributed by atoms with van der Waals surface area (Å²) in [5.41, 5.74) is 3.52. The molecule has 1 heterocycles. The molecule has 0 atom stereocenters. The Kier molecular flexibility index (Phi) is 13.4. The van der Waals surface area contributed by atoms with Crippen molar-refractivity contribution in [3.63, 3.8) is 0 Å². The van der Waals surface area contributed by atoms with Crippen molar-refractivity contribution in [2.75, 3.05) is 19.8 Å². The topological polar surface area (TPSA) is 31.4 Å². The van der Waals surface area contributed by atoms with Gasteiger partial charge in [-0.3, -0.25) is 4.98 Å². The van der Waals surface area contributed by atoms with Crippen molar-refractivity contribution in [3.05, 3.63) is 60.3 Å². The Labute approximate surface area is 189 Å². The van der Waals surface area contributed by atoms with Crippen molar-refractivity contribution in [1.82, 2.24) is 4.98 Å². The van der Waals surface area contributed by atoms with E-state index < -0.39 is 0 Å². The third-order valence-electron chi connectivity index (χ3n) is 5.33. The lowest BCUT2D eigenvalue weighted by Crippen LogP contribution is -1.96. The van der Waals surface area contributed by atoms with Gasteiger partial charge in [0.2, 0.25) is 0 Å². The van der Waals surface area contributed by atoms with Crippen LogP contribution in [0.4, 0.5) is 0 Å². The Morgan fingerprint density at radius 2 is 1.61 bits per heavy atom. The van der Waals surface area contributed by atoms with Gasteiger partial charge in [0.25, 0.3) is 0 Å². The lowest BCUT2D eigenvalue weighted by atomic mass is 10.0. The molecule has 2 rings (SSSR count). The number of rotatable bonds is 17. The zero-order valence-electron chi connectivity index (χ0n) is 19.7. The fourth-order valence-corrected chi connectivity index (χ4v) is 3.45. The van der Waals surface area contributed by atoms with Crippen LogP contribution in [-0.4, -0.2) is 24.8 Å². The van der Waals surface area contributed by atoms with Gasteiger partial charge < -0.3 is 9.47 Å². The molecule has 3 heteroatoms. The Balaban J connectivity index is 1.67. The molecule has 0 amide bonds. The van der Waals surface area contributed by atoms with Crippen molar-refractivity contribution >= 4 is 0 Å². The molecule has 3 nitrogen and oxygen atoms in total. The lowest BCUT2D eigenvalue weighted by molar-refractivity contribution is 0.130. The first-order valence-electron chi connectivity index (χ1n) is 12.2. The molecule has 0 spiro atoms. The SMILES string of the molecule is CCCCCC/C=C/COc1ccc(-c2ccc(CCCCCOCCC)cc2)nc1. The quantitative estimate of drug-likeness (QED) is 0.192. The number of aromatic nitrogens is 1. The number of ether oxygens (including phenoxy) is 2. The predicted octanol–water partition coefficient (Wildman–Crippen LogP) is 7.79. The molecule has 0 bridgehead atoms. The molecule has 0 N–H and O–H groups in total. The van der Waals surface area contributed by atoms with Gasteiger partial charge in [0.15, 0.2) is 0 Å². The van der Waals surface area contributed by atoms with E-state index in [1.807, 2.05) is 18.3 Å². The van der Waals surface area contributed by atoms with Crippen molar-refractivity contribution in [2.45, 2.75) is 78.1 Å². The highest BCUT2D eigenvalue weighted by atomic mass is 16.5. The lowest BCUT2D eigenvalue weighted by Gasteiger charge is -2.07. The van der Waals surface area contributed by atoms with Gasteiger partial charge in [-0.1, -0.05) is 75.9 Å². The first-order valence-corrected chi connectivity index (χ1v) is 12.2. The zero-order chi connectivity index (χ0) is 22.0. The van der Waals surface area contributed by atoms with Gasteiger partial charge in [0.1, 0.15) is 12.4 Å². The second-order valence-electron chi connectivity index (χ2n) is 8.13. The number of hydrogen-bond acceptors (Lipinski definition) is 3. The molecule has 170 valence electrons. The molecule has 0 saturated heterocycles. The molecule has 0 aliphatic carbocycles. The molecule has 2 aromatic rings. The van der Waals surface area contributed by atoms with Crippen LogP contribution >= 0.6 is 0 Å². The number of allylic oxidation sites excluding steroid dienone is 1. The van der Waals surface area contributed by atoms with E-state index in [-0.39, 0.29) is 0 Å². The summed E-state index contributed by atoms with van der Waals surface area (Å²) in [6.45, 7) is 6.78. The Morgan fingerprint density at radius 1 is 0.774 bits per heavy atom. The molecule has 31 heavy (non-hydrogen) atoms. The van der Waals surface area contributed by atoms with E-state index in [1.54, 1.807) is 0 Å². The zero-order valence-corrected chi connectivity index (χ0v) is 19.7. The summed E-state index contributed by atoms with van der Waals surface area (Å²) in [7, 11) is 0. The van der Waals surface area contributed by atoms with Gasteiger partial charge in [-0.15, -0.1) is 0 Å². The molecule has 1 aromatic carbocycles. The van der Waals surface area contributed by atoms with Gasteiger partial charge >= 0.3 is 0 Å². The summed E-state index contributed by atoms with van der Waals surface area (Å²) in [6.07, 6.45) is 18.3. The third kappa shape index (κ3) is 11.2. The van der Waals surface area contributed by atoms with Gasteiger partial charge in [-0.05, 0) is 56.2 Å². The van der Waals surface area contributed by atoms with Crippen LogP contribution in [-0.2, 0) is 11.2 Å². The van der Waals surface area contributed by atoms with Crippen molar-refractivity contribution in [2.24, 2.45) is 0 Å². The van der Waals surface area contributed by atoms with E-state index in [4.69, 9.17) is 9.47 Å². The Bertz CT molecular complexity index is 707. The smallest absolute Gasteiger partial charge is 0.138 e. The Morgan fingerprint density at radius 3 is 2.35 bits per heavy atom. The average molecular weight is 424 g/mol. The first-order chi connectivity index (χ1) is 15.3. The molecule has 0 fully saturated rings. The van der Waals surface area contributed by atoms with Crippen molar-refractivity contribution in [1.29, 1.82) is 0 Å². The minimum atomic E-state index is 0.605. The van der Waals surface area contributed by atoms with E-state index in [1.165, 1.54) is 44.1 Å². The summed E-state index contributed by atoms with van der Waals surface area (Å²) in [4.78, 5) is 4.58. The number of pyridine rings is 1. The maximum Gasteiger partial charge on any atom is 0.138 e. The molecule has 0 radical (unpaired) electrons. The Hall–Kier alpha value is -2.13. The van der Waals surface area contributed by atoms with Crippen LogP contribution in [0.15, 0.2) is 54.7 Å². The van der Waals surface area contributed by atoms with Crippen LogP contribution in [0.3, 0.4) is 0 Å². The van der Waals surface area contributed by atoms with E-state index >= 15 is 0 Å². The van der Waals surface area contributed by atoms with Gasteiger partial charge in [-0.25, -0.2) is 0 Å². The number of benzene rings is 1. The summed E-state index contributed by atoms with van der Waals surface area (Å²) in [5, 5.41) is 0. The molecule has 1 aromatic heterocycles. The average Bonchev–Trinajstić information content (AvgIpc) is 2.81. The largest absolute Gasteiger partial charge is 0.488 e. The highest BCUT2D eigenvalue weighted by Crippen LogP contribution is 2.21. The van der Waals surface area contributed by atoms with Crippen molar-refractivity contribution in [3.8, 4) is 17.0 Å². The fraction of sp³-hybridized carbons (Fsp3) is 0.536. The molecular weight excluding hydrogens is 382 g/mol. The minimum absolute atomic E-state index is 0.605. The second-order valence-corrected chi connectivity index (χ2v) is 8.13. The summed E-state index contributed by atoms with van der Waals surface area (Å²) >= 11 is 0. The molecular formula is C28H41NO2. The summed E-state index contributed by atoms with van der Waals surface area (Å²) < 4.78 is 11.3. The number of hydrogen-bond donors (Lipinski definition) is 0. The van der Waals surface area contributed by atoms with Gasteiger partial charge in [0.05, 0.1) is 11.9 Å². The molecule has 0 unspecified atom stereocenters. The number of aryl methyl sites for hydroxylation is 1. The number of nitrogens with zero attached hydrogens (tertiary/aromatic N) is 1. The summed E-state index contributed by atoms with van der Waals surface area (Å²) in [6, 6.07) is 12.8.